The van der Waals surface area contributed by atoms with Crippen LogP contribution in [0.2, 0.25) is 0 Å². The third-order valence-electron chi connectivity index (χ3n) is 14.3. The van der Waals surface area contributed by atoms with Gasteiger partial charge >= 0.3 is 17.9 Å². The van der Waals surface area contributed by atoms with Gasteiger partial charge in [-0.2, -0.15) is 0 Å². The molecule has 0 aromatic rings. The SMILES string of the molecule is CC/C=C\C/C=C\C/C=C\CCCCCC(=O)OCC(COC(=O)CCCCCCCCCCCCC/C=C\CCCCCCCCCC)OC(=O)CCCCCCCCCCCCCCCCCCCCC. The summed E-state index contributed by atoms with van der Waals surface area (Å²) in [6.07, 6.45) is 77.0. The lowest BCUT2D eigenvalue weighted by molar-refractivity contribution is -0.167. The van der Waals surface area contributed by atoms with Crippen LogP contribution in [0.5, 0.6) is 0 Å². The van der Waals surface area contributed by atoms with Crippen LogP contribution in [0.15, 0.2) is 48.6 Å². The van der Waals surface area contributed by atoms with E-state index < -0.39 is 6.10 Å². The second-order valence-corrected chi connectivity index (χ2v) is 21.6. The molecule has 0 fully saturated rings. The highest BCUT2D eigenvalue weighted by molar-refractivity contribution is 5.71. The molecule has 1 atom stereocenters. The summed E-state index contributed by atoms with van der Waals surface area (Å²) in [6, 6.07) is 0. The van der Waals surface area contributed by atoms with E-state index >= 15 is 0 Å². The molecule has 0 saturated heterocycles. The molecular formula is C67H122O6. The van der Waals surface area contributed by atoms with Crippen LogP contribution in [0.4, 0.5) is 0 Å². The molecular weight excluding hydrogens is 901 g/mol. The average Bonchev–Trinajstić information content (AvgIpc) is 3.39. The molecule has 0 aliphatic carbocycles. The van der Waals surface area contributed by atoms with Crippen molar-refractivity contribution in [2.24, 2.45) is 0 Å². The van der Waals surface area contributed by atoms with E-state index in [1.165, 1.54) is 218 Å². The number of hydrogen-bond donors (Lipinski definition) is 0. The number of unbranched alkanes of at least 4 members (excludes halogenated alkanes) is 40. The Morgan fingerprint density at radius 2 is 0.534 bits per heavy atom. The number of hydrogen-bond acceptors (Lipinski definition) is 6. The Labute approximate surface area is 454 Å². The molecule has 0 amide bonds. The highest BCUT2D eigenvalue weighted by Crippen LogP contribution is 2.17. The van der Waals surface area contributed by atoms with Crippen molar-refractivity contribution in [3.8, 4) is 0 Å². The monoisotopic (exact) mass is 1020 g/mol. The zero-order valence-electron chi connectivity index (χ0n) is 48.9. The summed E-state index contributed by atoms with van der Waals surface area (Å²) in [5, 5.41) is 0. The first-order valence-corrected chi connectivity index (χ1v) is 32.1. The number of carbonyl (C=O) groups excluding carboxylic acids is 3. The minimum absolute atomic E-state index is 0.0793. The smallest absolute Gasteiger partial charge is 0.306 e. The third kappa shape index (κ3) is 60.1. The molecule has 6 nitrogen and oxygen atoms in total. The molecule has 0 spiro atoms. The minimum Gasteiger partial charge on any atom is -0.462 e. The van der Waals surface area contributed by atoms with Gasteiger partial charge in [0.05, 0.1) is 0 Å². The van der Waals surface area contributed by atoms with Gasteiger partial charge in [0.15, 0.2) is 6.10 Å². The van der Waals surface area contributed by atoms with Crippen LogP contribution in [-0.4, -0.2) is 37.2 Å². The van der Waals surface area contributed by atoms with Gasteiger partial charge in [-0.15, -0.1) is 0 Å². The summed E-state index contributed by atoms with van der Waals surface area (Å²) in [4.78, 5) is 38.3. The minimum atomic E-state index is -0.784. The normalized spacial score (nSPS) is 12.3. The van der Waals surface area contributed by atoms with Crippen LogP contribution in [0.3, 0.4) is 0 Å². The predicted molar refractivity (Wildman–Crippen MR) is 316 cm³/mol. The fraction of sp³-hybridized carbons (Fsp3) is 0.836. The van der Waals surface area contributed by atoms with Crippen LogP contribution in [0.1, 0.15) is 342 Å². The quantitative estimate of drug-likeness (QED) is 0.0261. The number of allylic oxidation sites excluding steroid dienone is 8. The molecule has 73 heavy (non-hydrogen) atoms. The lowest BCUT2D eigenvalue weighted by atomic mass is 10.0. The Morgan fingerprint density at radius 3 is 0.863 bits per heavy atom. The number of esters is 3. The molecule has 6 heteroatoms. The molecule has 426 valence electrons. The first kappa shape index (κ1) is 70.4. The Kier molecular flexibility index (Phi) is 59.7. The van der Waals surface area contributed by atoms with Crippen molar-refractivity contribution in [3.63, 3.8) is 0 Å². The fourth-order valence-corrected chi connectivity index (χ4v) is 9.51. The maximum atomic E-state index is 12.9. The van der Waals surface area contributed by atoms with Gasteiger partial charge < -0.3 is 14.2 Å². The maximum Gasteiger partial charge on any atom is 0.306 e. The van der Waals surface area contributed by atoms with Crippen LogP contribution >= 0.6 is 0 Å². The first-order valence-electron chi connectivity index (χ1n) is 32.1. The molecule has 0 aromatic carbocycles. The van der Waals surface area contributed by atoms with Gasteiger partial charge in [0.2, 0.25) is 0 Å². The molecule has 0 aliphatic heterocycles. The lowest BCUT2D eigenvalue weighted by Crippen LogP contribution is -2.30. The van der Waals surface area contributed by atoms with Gasteiger partial charge in [-0.1, -0.05) is 294 Å². The largest absolute Gasteiger partial charge is 0.462 e. The highest BCUT2D eigenvalue weighted by Gasteiger charge is 2.19. The number of carbonyl (C=O) groups is 3. The molecule has 0 aliphatic rings. The van der Waals surface area contributed by atoms with E-state index in [4.69, 9.17) is 14.2 Å². The molecule has 0 heterocycles. The van der Waals surface area contributed by atoms with Gasteiger partial charge in [0.1, 0.15) is 13.2 Å². The van der Waals surface area contributed by atoms with Crippen molar-refractivity contribution in [1.29, 1.82) is 0 Å². The highest BCUT2D eigenvalue weighted by atomic mass is 16.6. The number of rotatable bonds is 59. The molecule has 0 bridgehead atoms. The summed E-state index contributed by atoms with van der Waals surface area (Å²) in [6.45, 7) is 6.56. The van der Waals surface area contributed by atoms with Crippen molar-refractivity contribution in [1.82, 2.24) is 0 Å². The van der Waals surface area contributed by atoms with E-state index in [9.17, 15) is 14.4 Å². The van der Waals surface area contributed by atoms with Crippen molar-refractivity contribution in [2.75, 3.05) is 13.2 Å². The Balaban J connectivity index is 4.29. The van der Waals surface area contributed by atoms with Crippen molar-refractivity contribution >= 4 is 17.9 Å². The molecule has 0 aromatic heterocycles. The predicted octanol–water partition coefficient (Wildman–Crippen LogP) is 21.8. The first-order chi connectivity index (χ1) is 36.0. The summed E-state index contributed by atoms with van der Waals surface area (Å²) >= 11 is 0. The summed E-state index contributed by atoms with van der Waals surface area (Å²) in [7, 11) is 0. The van der Waals surface area contributed by atoms with Crippen LogP contribution in [0, 0.1) is 0 Å². The summed E-state index contributed by atoms with van der Waals surface area (Å²) in [5.74, 6) is -0.890. The van der Waals surface area contributed by atoms with Crippen molar-refractivity contribution in [2.45, 2.75) is 348 Å². The fourth-order valence-electron chi connectivity index (χ4n) is 9.51. The molecule has 0 N–H and O–H groups in total. The van der Waals surface area contributed by atoms with Gasteiger partial charge in [0, 0.05) is 19.3 Å². The molecule has 0 saturated carbocycles. The maximum absolute atomic E-state index is 12.9. The van der Waals surface area contributed by atoms with Crippen LogP contribution < -0.4 is 0 Å². The summed E-state index contributed by atoms with van der Waals surface area (Å²) in [5.41, 5.74) is 0. The Morgan fingerprint density at radius 1 is 0.288 bits per heavy atom. The van der Waals surface area contributed by atoms with Gasteiger partial charge in [0.25, 0.3) is 0 Å². The van der Waals surface area contributed by atoms with E-state index in [0.29, 0.717) is 19.3 Å². The molecule has 0 radical (unpaired) electrons. The second kappa shape index (κ2) is 61.9. The van der Waals surface area contributed by atoms with E-state index in [-0.39, 0.29) is 31.1 Å². The van der Waals surface area contributed by atoms with Gasteiger partial charge in [-0.25, -0.2) is 0 Å². The van der Waals surface area contributed by atoms with Crippen LogP contribution in [-0.2, 0) is 28.6 Å². The zero-order chi connectivity index (χ0) is 52.9. The van der Waals surface area contributed by atoms with E-state index in [1.807, 2.05) is 0 Å². The zero-order valence-corrected chi connectivity index (χ0v) is 48.9. The van der Waals surface area contributed by atoms with Crippen LogP contribution in [0.25, 0.3) is 0 Å². The average molecular weight is 1020 g/mol. The summed E-state index contributed by atoms with van der Waals surface area (Å²) < 4.78 is 16.9. The standard InChI is InChI=1S/C67H122O6/c1-4-7-10-13-16-19-22-25-27-29-31-32-33-34-36-37-39-42-45-48-51-54-57-60-66(69)72-63-64(62-71-65(68)59-56-53-50-47-44-41-24-21-18-15-12-9-6-3)73-67(70)61-58-55-52-49-46-43-40-38-35-30-28-26-23-20-17-14-11-8-5-2/h9,12,18,21,29,31,41,44,64H,4-8,10-11,13-17,19-20,22-28,30,32-40,42-43,45-63H2,1-3H3/b12-9-,21-18-,31-29-,44-41-. The van der Waals surface area contributed by atoms with Crippen molar-refractivity contribution < 1.29 is 28.6 Å². The Bertz CT molecular complexity index is 1270. The molecule has 1 unspecified atom stereocenters. The Hall–Kier alpha value is -2.63. The van der Waals surface area contributed by atoms with E-state index in [0.717, 1.165) is 83.5 Å². The second-order valence-electron chi connectivity index (χ2n) is 21.6. The topological polar surface area (TPSA) is 78.9 Å². The van der Waals surface area contributed by atoms with Crippen molar-refractivity contribution in [3.05, 3.63) is 48.6 Å². The van der Waals surface area contributed by atoms with Gasteiger partial charge in [-0.05, 0) is 77.0 Å². The third-order valence-corrected chi connectivity index (χ3v) is 14.3. The van der Waals surface area contributed by atoms with E-state index in [1.54, 1.807) is 0 Å². The number of ether oxygens (including phenoxy) is 3. The lowest BCUT2D eigenvalue weighted by Gasteiger charge is -2.18. The van der Waals surface area contributed by atoms with E-state index in [2.05, 4.69) is 69.4 Å². The molecule has 0 rings (SSSR count). The van der Waals surface area contributed by atoms with Gasteiger partial charge in [-0.3, -0.25) is 14.4 Å².